The molecule has 0 aromatic heterocycles. The lowest BCUT2D eigenvalue weighted by Crippen LogP contribution is -2.22. The minimum atomic E-state index is -0.501. The molecule has 0 aliphatic carbocycles. The van der Waals surface area contributed by atoms with E-state index in [4.69, 9.17) is 5.73 Å². The van der Waals surface area contributed by atoms with E-state index in [1.165, 1.54) is 17.1 Å². The summed E-state index contributed by atoms with van der Waals surface area (Å²) in [5, 5.41) is 2.99. The highest BCUT2D eigenvalue weighted by molar-refractivity contribution is 8.19. The highest BCUT2D eigenvalue weighted by Gasteiger charge is 2.20. The van der Waals surface area contributed by atoms with Gasteiger partial charge in [-0.05, 0) is 48.7 Å². The van der Waals surface area contributed by atoms with Crippen LogP contribution in [-0.2, 0) is 0 Å². The number of rotatable bonds is 5. The maximum absolute atomic E-state index is 12.8. The van der Waals surface area contributed by atoms with E-state index in [1.54, 1.807) is 12.1 Å². The summed E-state index contributed by atoms with van der Waals surface area (Å²) in [6.07, 6.45) is 2.26. The van der Waals surface area contributed by atoms with Crippen LogP contribution in [0, 0.1) is 0 Å². The lowest BCUT2D eigenvalue weighted by molar-refractivity contribution is 0.0996. The SMILES string of the molecule is NC(=O)c1ccc(N2CCCC2)c(NC(=O)c2ccc(C3SCCS3)cc2)c1. The fourth-order valence-corrected chi connectivity index (χ4v) is 6.42. The predicted octanol–water partition coefficient (Wildman–Crippen LogP) is 4.12. The second-order valence-corrected chi connectivity index (χ2v) is 9.66. The van der Waals surface area contributed by atoms with Gasteiger partial charge in [-0.25, -0.2) is 0 Å². The molecule has 0 unspecified atom stereocenters. The summed E-state index contributed by atoms with van der Waals surface area (Å²) in [5.74, 6) is 1.67. The van der Waals surface area contributed by atoms with Gasteiger partial charge in [0.1, 0.15) is 0 Å². The Morgan fingerprint density at radius 1 is 0.964 bits per heavy atom. The summed E-state index contributed by atoms with van der Waals surface area (Å²) in [6, 6.07) is 13.1. The van der Waals surface area contributed by atoms with Gasteiger partial charge in [0.25, 0.3) is 5.91 Å². The van der Waals surface area contributed by atoms with Gasteiger partial charge in [-0.1, -0.05) is 12.1 Å². The quantitative estimate of drug-likeness (QED) is 0.771. The third kappa shape index (κ3) is 4.15. The molecule has 2 saturated heterocycles. The van der Waals surface area contributed by atoms with E-state index < -0.39 is 5.91 Å². The summed E-state index contributed by atoms with van der Waals surface area (Å²) in [6.45, 7) is 1.90. The molecule has 0 radical (unpaired) electrons. The Morgan fingerprint density at radius 3 is 2.25 bits per heavy atom. The number of anilines is 2. The second-order valence-electron chi connectivity index (χ2n) is 6.94. The lowest BCUT2D eigenvalue weighted by atomic mass is 10.1. The molecule has 146 valence electrons. The number of hydrogen-bond acceptors (Lipinski definition) is 5. The van der Waals surface area contributed by atoms with E-state index in [9.17, 15) is 9.59 Å². The number of benzene rings is 2. The summed E-state index contributed by atoms with van der Waals surface area (Å²) in [7, 11) is 0. The average Bonchev–Trinajstić information content (AvgIpc) is 3.42. The average molecular weight is 414 g/mol. The molecule has 2 aliphatic rings. The summed E-state index contributed by atoms with van der Waals surface area (Å²) in [5.41, 5.74) is 9.25. The van der Waals surface area contributed by atoms with Gasteiger partial charge in [0, 0.05) is 35.7 Å². The number of primary amides is 1. The maximum Gasteiger partial charge on any atom is 0.255 e. The van der Waals surface area contributed by atoms with Gasteiger partial charge in [-0.2, -0.15) is 0 Å². The van der Waals surface area contributed by atoms with Crippen LogP contribution >= 0.6 is 23.5 Å². The molecule has 0 atom stereocenters. The fourth-order valence-electron chi connectivity index (χ4n) is 3.56. The van der Waals surface area contributed by atoms with E-state index in [2.05, 4.69) is 10.2 Å². The topological polar surface area (TPSA) is 75.4 Å². The molecule has 0 spiro atoms. The van der Waals surface area contributed by atoms with Crippen molar-refractivity contribution in [2.45, 2.75) is 17.4 Å². The van der Waals surface area contributed by atoms with Crippen molar-refractivity contribution in [2.24, 2.45) is 5.73 Å². The van der Waals surface area contributed by atoms with Crippen molar-refractivity contribution < 1.29 is 9.59 Å². The molecular weight excluding hydrogens is 390 g/mol. The maximum atomic E-state index is 12.8. The van der Waals surface area contributed by atoms with Gasteiger partial charge in [0.2, 0.25) is 5.91 Å². The van der Waals surface area contributed by atoms with Crippen LogP contribution in [0.2, 0.25) is 0 Å². The molecule has 28 heavy (non-hydrogen) atoms. The van der Waals surface area contributed by atoms with Gasteiger partial charge in [0.05, 0.1) is 16.0 Å². The highest BCUT2D eigenvalue weighted by Crippen LogP contribution is 2.45. The number of carbonyl (C=O) groups is 2. The number of thioether (sulfide) groups is 2. The first-order valence-electron chi connectivity index (χ1n) is 9.45. The molecule has 2 aliphatic heterocycles. The number of nitrogens with one attached hydrogen (secondary N) is 1. The van der Waals surface area contributed by atoms with Crippen LogP contribution < -0.4 is 16.0 Å². The fraction of sp³-hybridized carbons (Fsp3) is 0.333. The number of carbonyl (C=O) groups excluding carboxylic acids is 2. The molecular formula is C21H23N3O2S2. The number of nitrogens with two attached hydrogens (primary N) is 1. The van der Waals surface area contributed by atoms with Gasteiger partial charge in [0.15, 0.2) is 0 Å². The van der Waals surface area contributed by atoms with Crippen molar-refractivity contribution in [3.63, 3.8) is 0 Å². The largest absolute Gasteiger partial charge is 0.370 e. The van der Waals surface area contributed by atoms with Crippen molar-refractivity contribution in [3.05, 3.63) is 59.2 Å². The molecule has 0 saturated carbocycles. The smallest absolute Gasteiger partial charge is 0.255 e. The van der Waals surface area contributed by atoms with Crippen LogP contribution in [0.3, 0.4) is 0 Å². The van der Waals surface area contributed by atoms with E-state index >= 15 is 0 Å². The number of amides is 2. The third-order valence-corrected chi connectivity index (χ3v) is 8.15. The molecule has 3 N–H and O–H groups in total. The van der Waals surface area contributed by atoms with Crippen LogP contribution in [0.5, 0.6) is 0 Å². The zero-order valence-corrected chi connectivity index (χ0v) is 17.2. The molecule has 0 bridgehead atoms. The van der Waals surface area contributed by atoms with Crippen LogP contribution in [-0.4, -0.2) is 36.4 Å². The first kappa shape index (κ1) is 19.2. The van der Waals surface area contributed by atoms with E-state index in [0.717, 1.165) is 31.6 Å². The third-order valence-electron chi connectivity index (χ3n) is 5.04. The van der Waals surface area contributed by atoms with Crippen LogP contribution in [0.15, 0.2) is 42.5 Å². The number of nitrogens with zero attached hydrogens (tertiary/aromatic N) is 1. The van der Waals surface area contributed by atoms with Gasteiger partial charge >= 0.3 is 0 Å². The molecule has 5 nitrogen and oxygen atoms in total. The monoisotopic (exact) mass is 413 g/mol. The molecule has 2 aromatic rings. The van der Waals surface area contributed by atoms with Crippen LogP contribution in [0.25, 0.3) is 0 Å². The molecule has 2 fully saturated rings. The molecule has 4 rings (SSSR count). The normalized spacial score (nSPS) is 17.1. The number of hydrogen-bond donors (Lipinski definition) is 2. The van der Waals surface area contributed by atoms with E-state index in [0.29, 0.717) is 21.4 Å². The van der Waals surface area contributed by atoms with Gasteiger partial charge in [-0.15, -0.1) is 23.5 Å². The summed E-state index contributed by atoms with van der Waals surface area (Å²) >= 11 is 3.89. The molecule has 2 heterocycles. The lowest BCUT2D eigenvalue weighted by Gasteiger charge is -2.22. The van der Waals surface area contributed by atoms with Crippen molar-refractivity contribution in [1.29, 1.82) is 0 Å². The van der Waals surface area contributed by atoms with Crippen molar-refractivity contribution in [2.75, 3.05) is 34.8 Å². The minimum absolute atomic E-state index is 0.180. The highest BCUT2D eigenvalue weighted by atomic mass is 32.2. The standard InChI is InChI=1S/C21H23N3O2S2/c22-19(25)16-7-8-18(24-9-1-2-10-24)17(13-16)23-20(26)14-3-5-15(6-4-14)21-27-11-12-28-21/h3-8,13,21H,1-2,9-12H2,(H2,22,25)(H,23,26). The Kier molecular flexibility index (Phi) is 5.82. The Balaban J connectivity index is 1.55. The minimum Gasteiger partial charge on any atom is -0.370 e. The van der Waals surface area contributed by atoms with Crippen molar-refractivity contribution >= 4 is 46.7 Å². The van der Waals surface area contributed by atoms with E-state index in [1.807, 2.05) is 53.9 Å². The Hall–Kier alpha value is -2.12. The zero-order valence-electron chi connectivity index (χ0n) is 15.5. The summed E-state index contributed by atoms with van der Waals surface area (Å²) < 4.78 is 0.464. The second kappa shape index (κ2) is 8.49. The molecule has 7 heteroatoms. The Morgan fingerprint density at radius 2 is 1.61 bits per heavy atom. The first-order valence-corrected chi connectivity index (χ1v) is 11.5. The van der Waals surface area contributed by atoms with Crippen LogP contribution in [0.1, 0.15) is 43.7 Å². The summed E-state index contributed by atoms with van der Waals surface area (Å²) in [4.78, 5) is 26.7. The van der Waals surface area contributed by atoms with Gasteiger partial charge < -0.3 is 16.0 Å². The van der Waals surface area contributed by atoms with Crippen molar-refractivity contribution in [1.82, 2.24) is 0 Å². The Bertz CT molecular complexity index is 874. The predicted molar refractivity (Wildman–Crippen MR) is 118 cm³/mol. The van der Waals surface area contributed by atoms with E-state index in [-0.39, 0.29) is 5.91 Å². The zero-order chi connectivity index (χ0) is 19.5. The molecule has 2 aromatic carbocycles. The first-order chi connectivity index (χ1) is 13.6. The van der Waals surface area contributed by atoms with Gasteiger partial charge in [-0.3, -0.25) is 9.59 Å². The van der Waals surface area contributed by atoms with Crippen molar-refractivity contribution in [3.8, 4) is 0 Å². The molecule has 2 amide bonds. The Labute approximate surface area is 173 Å². The van der Waals surface area contributed by atoms with Crippen LogP contribution in [0.4, 0.5) is 11.4 Å².